The Morgan fingerprint density at radius 2 is 1.96 bits per heavy atom. The topological polar surface area (TPSA) is 89.6 Å². The zero-order valence-corrected chi connectivity index (χ0v) is 15.0. The van der Waals surface area contributed by atoms with Crippen LogP contribution in [0.25, 0.3) is 0 Å². The number of aromatic amines is 1. The van der Waals surface area contributed by atoms with Gasteiger partial charge >= 0.3 is 6.03 Å². The number of imide groups is 1. The normalized spacial score (nSPS) is 20.7. The Morgan fingerprint density at radius 1 is 1.24 bits per heavy atom. The van der Waals surface area contributed by atoms with Crippen molar-refractivity contribution in [2.45, 2.75) is 51.1 Å². The number of amides is 4. The number of fused-ring (bicyclic) bond motifs is 1. The number of hydrogen-bond acceptors (Lipinski definition) is 4. The monoisotopic (exact) mass is 347 g/mol. The van der Waals surface area contributed by atoms with Gasteiger partial charge in [0.15, 0.2) is 0 Å². The number of carbonyl (C=O) groups is 3. The van der Waals surface area contributed by atoms with Crippen LogP contribution < -0.4 is 0 Å². The predicted octanol–water partition coefficient (Wildman–Crippen LogP) is 0.920. The highest BCUT2D eigenvalue weighted by Gasteiger charge is 2.42. The van der Waals surface area contributed by atoms with Gasteiger partial charge in [-0.3, -0.25) is 19.6 Å². The Bertz CT molecular complexity index is 698. The molecule has 0 spiro atoms. The van der Waals surface area contributed by atoms with Crippen molar-refractivity contribution in [1.82, 2.24) is 24.9 Å². The molecule has 8 heteroatoms. The van der Waals surface area contributed by atoms with Gasteiger partial charge in [-0.1, -0.05) is 6.42 Å². The maximum absolute atomic E-state index is 12.5. The van der Waals surface area contributed by atoms with Gasteiger partial charge in [0.1, 0.15) is 6.04 Å². The zero-order chi connectivity index (χ0) is 18.1. The third kappa shape index (κ3) is 3.25. The summed E-state index contributed by atoms with van der Waals surface area (Å²) in [6.45, 7) is 0.416. The number of nitrogens with zero attached hydrogens (tertiary/aromatic N) is 4. The third-order valence-electron chi connectivity index (χ3n) is 5.24. The van der Waals surface area contributed by atoms with E-state index < -0.39 is 6.04 Å². The van der Waals surface area contributed by atoms with Gasteiger partial charge in [-0.2, -0.15) is 5.10 Å². The summed E-state index contributed by atoms with van der Waals surface area (Å²) in [7, 11) is 4.70. The number of aromatic nitrogens is 2. The molecule has 0 bridgehead atoms. The lowest BCUT2D eigenvalue weighted by Crippen LogP contribution is -2.38. The van der Waals surface area contributed by atoms with E-state index >= 15 is 0 Å². The Balaban J connectivity index is 1.65. The van der Waals surface area contributed by atoms with Crippen LogP contribution in [0.5, 0.6) is 0 Å². The minimum Gasteiger partial charge on any atom is -0.340 e. The van der Waals surface area contributed by atoms with Gasteiger partial charge < -0.3 is 9.80 Å². The number of rotatable bonds is 4. The number of aryl methyl sites for hydroxylation is 1. The van der Waals surface area contributed by atoms with Crippen LogP contribution in [0, 0.1) is 0 Å². The molecule has 4 amide bonds. The molecule has 2 heterocycles. The van der Waals surface area contributed by atoms with Crippen LogP contribution in [0.3, 0.4) is 0 Å². The number of urea groups is 1. The van der Waals surface area contributed by atoms with Crippen LogP contribution in [0.15, 0.2) is 0 Å². The zero-order valence-electron chi connectivity index (χ0n) is 15.0. The SMILES string of the molecule is CN(Cc1n[nH]c2c1CCCCC2)C(=O)C[C@H]1C(=O)N(C)C(=O)N1C. The summed E-state index contributed by atoms with van der Waals surface area (Å²) in [6.07, 6.45) is 5.53. The van der Waals surface area contributed by atoms with E-state index in [4.69, 9.17) is 0 Å². The fraction of sp³-hybridized carbons (Fsp3) is 0.647. The van der Waals surface area contributed by atoms with Crippen molar-refractivity contribution in [3.8, 4) is 0 Å². The standard InChI is InChI=1S/C17H25N5O3/c1-20(10-13-11-7-5-4-6-8-12(11)18-19-13)15(23)9-14-16(24)22(3)17(25)21(14)2/h14H,4-10H2,1-3H3,(H,18,19)/t14-/m0/s1. The van der Waals surface area contributed by atoms with E-state index in [9.17, 15) is 14.4 Å². The van der Waals surface area contributed by atoms with Gasteiger partial charge in [0.05, 0.1) is 18.7 Å². The summed E-state index contributed by atoms with van der Waals surface area (Å²) in [5.41, 5.74) is 3.33. The second kappa shape index (κ2) is 6.85. The summed E-state index contributed by atoms with van der Waals surface area (Å²) < 4.78 is 0. The van der Waals surface area contributed by atoms with Gasteiger partial charge in [-0.05, 0) is 31.2 Å². The molecule has 1 aliphatic carbocycles. The van der Waals surface area contributed by atoms with Crippen LogP contribution in [0.4, 0.5) is 4.79 Å². The molecular weight excluding hydrogens is 322 g/mol. The number of likely N-dealkylation sites (N-methyl/N-ethyl adjacent to an activating group) is 2. The average Bonchev–Trinajstić information content (AvgIpc) is 2.92. The Hall–Kier alpha value is -2.38. The van der Waals surface area contributed by atoms with Crippen molar-refractivity contribution in [3.05, 3.63) is 17.0 Å². The maximum Gasteiger partial charge on any atom is 0.326 e. The molecule has 0 aromatic carbocycles. The van der Waals surface area contributed by atoms with E-state index in [1.807, 2.05) is 0 Å². The first-order chi connectivity index (χ1) is 11.9. The highest BCUT2D eigenvalue weighted by Crippen LogP contribution is 2.23. The summed E-state index contributed by atoms with van der Waals surface area (Å²) >= 11 is 0. The van der Waals surface area contributed by atoms with E-state index in [1.165, 1.54) is 36.0 Å². The molecule has 1 aromatic heterocycles. The molecule has 2 aliphatic rings. The van der Waals surface area contributed by atoms with Crippen LogP contribution in [0.2, 0.25) is 0 Å². The van der Waals surface area contributed by atoms with Crippen molar-refractivity contribution in [1.29, 1.82) is 0 Å². The molecule has 1 atom stereocenters. The summed E-state index contributed by atoms with van der Waals surface area (Å²) in [5.74, 6) is -0.499. The molecule has 8 nitrogen and oxygen atoms in total. The van der Waals surface area contributed by atoms with E-state index in [2.05, 4.69) is 10.2 Å². The molecule has 25 heavy (non-hydrogen) atoms. The molecule has 1 saturated heterocycles. The van der Waals surface area contributed by atoms with Crippen molar-refractivity contribution in [2.75, 3.05) is 21.1 Å². The van der Waals surface area contributed by atoms with Crippen LogP contribution in [0.1, 0.15) is 42.6 Å². The summed E-state index contributed by atoms with van der Waals surface area (Å²) in [6, 6.07) is -1.09. The van der Waals surface area contributed by atoms with Gasteiger partial charge in [0.25, 0.3) is 5.91 Å². The van der Waals surface area contributed by atoms with Crippen molar-refractivity contribution >= 4 is 17.8 Å². The first kappa shape index (κ1) is 17.4. The first-order valence-electron chi connectivity index (χ1n) is 8.73. The molecule has 1 N–H and O–H groups in total. The van der Waals surface area contributed by atoms with E-state index in [0.717, 1.165) is 29.9 Å². The van der Waals surface area contributed by atoms with Gasteiger partial charge in [0, 0.05) is 26.8 Å². The maximum atomic E-state index is 12.5. The van der Waals surface area contributed by atoms with Crippen LogP contribution >= 0.6 is 0 Å². The second-order valence-corrected chi connectivity index (χ2v) is 6.95. The van der Waals surface area contributed by atoms with Crippen LogP contribution in [-0.4, -0.2) is 69.9 Å². The van der Waals surface area contributed by atoms with Gasteiger partial charge in [0.2, 0.25) is 5.91 Å². The second-order valence-electron chi connectivity index (χ2n) is 6.95. The molecule has 1 fully saturated rings. The molecule has 0 unspecified atom stereocenters. The minimum atomic E-state index is -0.719. The van der Waals surface area contributed by atoms with Gasteiger partial charge in [-0.15, -0.1) is 0 Å². The third-order valence-corrected chi connectivity index (χ3v) is 5.24. The summed E-state index contributed by atoms with van der Waals surface area (Å²) in [4.78, 5) is 40.4. The molecule has 1 aliphatic heterocycles. The largest absolute Gasteiger partial charge is 0.340 e. The molecular formula is C17H25N5O3. The first-order valence-corrected chi connectivity index (χ1v) is 8.73. The molecule has 136 valence electrons. The van der Waals surface area contributed by atoms with E-state index in [0.29, 0.717) is 6.54 Å². The Kier molecular flexibility index (Phi) is 4.78. The van der Waals surface area contributed by atoms with Gasteiger partial charge in [-0.25, -0.2) is 4.79 Å². The lowest BCUT2D eigenvalue weighted by Gasteiger charge is -2.21. The Labute approximate surface area is 147 Å². The fourth-order valence-electron chi connectivity index (χ4n) is 3.57. The number of nitrogens with one attached hydrogen (secondary N) is 1. The van der Waals surface area contributed by atoms with Crippen molar-refractivity contribution in [2.24, 2.45) is 0 Å². The minimum absolute atomic E-state index is 0.00543. The molecule has 1 aromatic rings. The highest BCUT2D eigenvalue weighted by atomic mass is 16.2. The Morgan fingerprint density at radius 3 is 2.64 bits per heavy atom. The predicted molar refractivity (Wildman–Crippen MR) is 90.7 cm³/mol. The highest BCUT2D eigenvalue weighted by molar-refractivity contribution is 6.05. The molecule has 0 saturated carbocycles. The molecule has 3 rings (SSSR count). The molecule has 0 radical (unpaired) electrons. The lowest BCUT2D eigenvalue weighted by atomic mass is 10.1. The van der Waals surface area contributed by atoms with E-state index in [-0.39, 0.29) is 24.3 Å². The van der Waals surface area contributed by atoms with Crippen molar-refractivity contribution < 1.29 is 14.4 Å². The average molecular weight is 347 g/mol. The lowest BCUT2D eigenvalue weighted by molar-refractivity contribution is -0.135. The van der Waals surface area contributed by atoms with E-state index in [1.54, 1.807) is 19.0 Å². The smallest absolute Gasteiger partial charge is 0.326 e. The fourth-order valence-corrected chi connectivity index (χ4v) is 3.57. The number of H-pyrrole nitrogens is 1. The van der Waals surface area contributed by atoms with Crippen molar-refractivity contribution in [3.63, 3.8) is 0 Å². The quantitative estimate of drug-likeness (QED) is 0.648. The van der Waals surface area contributed by atoms with Crippen LogP contribution in [-0.2, 0) is 29.0 Å². The summed E-state index contributed by atoms with van der Waals surface area (Å²) in [5, 5.41) is 7.50. The number of carbonyl (C=O) groups excluding carboxylic acids is 3. The number of hydrogen-bond donors (Lipinski definition) is 1.